The predicted molar refractivity (Wildman–Crippen MR) is 100 cm³/mol. The largest absolute Gasteiger partial charge is 0.454 e. The first-order valence-corrected chi connectivity index (χ1v) is 9.04. The minimum Gasteiger partial charge on any atom is -0.454 e. The van der Waals surface area contributed by atoms with E-state index < -0.39 is 0 Å². The summed E-state index contributed by atoms with van der Waals surface area (Å²) >= 11 is 0. The summed E-state index contributed by atoms with van der Waals surface area (Å²) in [4.78, 5) is 14.7. The SMILES string of the molecule is CCN(Cc1ccc2c(c1)OCO2)C(=O)CC(C)C1CCNCC1.Cl. The summed E-state index contributed by atoms with van der Waals surface area (Å²) in [6.07, 6.45) is 3.01. The summed E-state index contributed by atoms with van der Waals surface area (Å²) < 4.78 is 10.8. The van der Waals surface area contributed by atoms with Crippen LogP contribution in [-0.2, 0) is 11.3 Å². The van der Waals surface area contributed by atoms with Crippen molar-refractivity contribution in [2.75, 3.05) is 26.4 Å². The van der Waals surface area contributed by atoms with Crippen LogP contribution in [0.15, 0.2) is 18.2 Å². The summed E-state index contributed by atoms with van der Waals surface area (Å²) in [5.41, 5.74) is 1.09. The van der Waals surface area contributed by atoms with E-state index in [1.807, 2.05) is 30.0 Å². The molecule has 2 aliphatic heterocycles. The molecule has 6 heteroatoms. The van der Waals surface area contributed by atoms with Crippen molar-refractivity contribution >= 4 is 18.3 Å². The molecule has 25 heavy (non-hydrogen) atoms. The van der Waals surface area contributed by atoms with E-state index in [9.17, 15) is 4.79 Å². The van der Waals surface area contributed by atoms with E-state index >= 15 is 0 Å². The van der Waals surface area contributed by atoms with E-state index in [-0.39, 0.29) is 25.1 Å². The summed E-state index contributed by atoms with van der Waals surface area (Å²) in [5.74, 6) is 2.93. The second-order valence-electron chi connectivity index (χ2n) is 6.86. The number of amides is 1. The van der Waals surface area contributed by atoms with Gasteiger partial charge < -0.3 is 19.7 Å². The number of hydrogen-bond donors (Lipinski definition) is 1. The molecule has 1 N–H and O–H groups in total. The van der Waals surface area contributed by atoms with Crippen LogP contribution >= 0.6 is 12.4 Å². The number of ether oxygens (including phenoxy) is 2. The first-order valence-electron chi connectivity index (χ1n) is 9.04. The highest BCUT2D eigenvalue weighted by Gasteiger charge is 2.24. The molecule has 1 fully saturated rings. The lowest BCUT2D eigenvalue weighted by molar-refractivity contribution is -0.133. The Balaban J connectivity index is 0.00000225. The first kappa shape index (κ1) is 19.9. The number of fused-ring (bicyclic) bond motifs is 1. The third-order valence-corrected chi connectivity index (χ3v) is 5.23. The van der Waals surface area contributed by atoms with Gasteiger partial charge in [0, 0.05) is 19.5 Å². The highest BCUT2D eigenvalue weighted by molar-refractivity contribution is 5.85. The van der Waals surface area contributed by atoms with Gasteiger partial charge in [-0.3, -0.25) is 4.79 Å². The third kappa shape index (κ3) is 5.02. The average Bonchev–Trinajstić information content (AvgIpc) is 3.08. The van der Waals surface area contributed by atoms with Crippen molar-refractivity contribution in [3.8, 4) is 11.5 Å². The maximum atomic E-state index is 12.7. The Labute approximate surface area is 156 Å². The standard InChI is InChI=1S/C19H28N2O3.ClH/c1-3-21(12-15-4-5-17-18(11-15)24-13-23-17)19(22)10-14(2)16-6-8-20-9-7-16;/h4-5,11,14,16,20H,3,6-10,12-13H2,1-2H3;1H. The minimum atomic E-state index is 0. The van der Waals surface area contributed by atoms with Crippen LogP contribution in [0.2, 0.25) is 0 Å². The van der Waals surface area contributed by atoms with Gasteiger partial charge in [0.15, 0.2) is 11.5 Å². The number of benzene rings is 1. The number of hydrogen-bond acceptors (Lipinski definition) is 4. The summed E-state index contributed by atoms with van der Waals surface area (Å²) in [6.45, 7) is 8.07. The lowest BCUT2D eigenvalue weighted by Gasteiger charge is -2.30. The van der Waals surface area contributed by atoms with Crippen molar-refractivity contribution in [1.29, 1.82) is 0 Å². The molecule has 3 rings (SSSR count). The maximum Gasteiger partial charge on any atom is 0.231 e. The molecule has 2 aliphatic rings. The van der Waals surface area contributed by atoms with E-state index in [0.29, 0.717) is 24.8 Å². The van der Waals surface area contributed by atoms with Crippen molar-refractivity contribution in [2.24, 2.45) is 11.8 Å². The molecule has 0 aliphatic carbocycles. The molecular weight excluding hydrogens is 340 g/mol. The highest BCUT2D eigenvalue weighted by Crippen LogP contribution is 2.33. The summed E-state index contributed by atoms with van der Waals surface area (Å²) in [5, 5.41) is 3.39. The van der Waals surface area contributed by atoms with Crippen LogP contribution in [0.1, 0.15) is 38.7 Å². The number of rotatable bonds is 6. The molecule has 5 nitrogen and oxygen atoms in total. The van der Waals surface area contributed by atoms with E-state index in [1.165, 1.54) is 12.8 Å². The van der Waals surface area contributed by atoms with Gasteiger partial charge in [0.2, 0.25) is 12.7 Å². The molecule has 140 valence electrons. The van der Waals surface area contributed by atoms with Crippen LogP contribution < -0.4 is 14.8 Å². The molecule has 1 aromatic carbocycles. The molecule has 1 atom stereocenters. The lowest BCUT2D eigenvalue weighted by Crippen LogP contribution is -2.35. The van der Waals surface area contributed by atoms with Gasteiger partial charge in [-0.25, -0.2) is 0 Å². The zero-order chi connectivity index (χ0) is 16.9. The molecule has 1 aromatic rings. The van der Waals surface area contributed by atoms with E-state index in [0.717, 1.165) is 36.7 Å². The Hall–Kier alpha value is -1.46. The van der Waals surface area contributed by atoms with Crippen LogP contribution in [0.3, 0.4) is 0 Å². The average molecular weight is 369 g/mol. The molecular formula is C19H29ClN2O3. The van der Waals surface area contributed by atoms with Crippen molar-refractivity contribution in [3.63, 3.8) is 0 Å². The predicted octanol–water partition coefficient (Wildman–Crippen LogP) is 3.21. The quantitative estimate of drug-likeness (QED) is 0.837. The van der Waals surface area contributed by atoms with Crippen molar-refractivity contribution in [1.82, 2.24) is 10.2 Å². The fourth-order valence-electron chi connectivity index (χ4n) is 3.62. The van der Waals surface area contributed by atoms with Crippen LogP contribution in [0.25, 0.3) is 0 Å². The van der Waals surface area contributed by atoms with Gasteiger partial charge in [-0.1, -0.05) is 13.0 Å². The third-order valence-electron chi connectivity index (χ3n) is 5.23. The molecule has 0 saturated carbocycles. The molecule has 1 saturated heterocycles. The van der Waals surface area contributed by atoms with Crippen LogP contribution in [0.4, 0.5) is 0 Å². The van der Waals surface area contributed by atoms with Crippen LogP contribution in [-0.4, -0.2) is 37.2 Å². The molecule has 1 unspecified atom stereocenters. The number of nitrogens with zero attached hydrogens (tertiary/aromatic N) is 1. The van der Waals surface area contributed by atoms with Gasteiger partial charge in [0.05, 0.1) is 0 Å². The Morgan fingerprint density at radius 2 is 2.00 bits per heavy atom. The number of nitrogens with one attached hydrogen (secondary N) is 1. The summed E-state index contributed by atoms with van der Waals surface area (Å²) in [7, 11) is 0. The van der Waals surface area contributed by atoms with Gasteiger partial charge >= 0.3 is 0 Å². The van der Waals surface area contributed by atoms with Gasteiger partial charge in [0.25, 0.3) is 0 Å². The van der Waals surface area contributed by atoms with Gasteiger partial charge in [-0.2, -0.15) is 0 Å². The Morgan fingerprint density at radius 1 is 1.28 bits per heavy atom. The topological polar surface area (TPSA) is 50.8 Å². The normalized spacial score (nSPS) is 17.7. The Bertz CT molecular complexity index is 576. The molecule has 2 heterocycles. The van der Waals surface area contributed by atoms with Gasteiger partial charge in [0.1, 0.15) is 0 Å². The van der Waals surface area contributed by atoms with Crippen LogP contribution in [0, 0.1) is 11.8 Å². The lowest BCUT2D eigenvalue weighted by atomic mass is 9.84. The second kappa shape index (κ2) is 9.30. The first-order chi connectivity index (χ1) is 11.7. The minimum absolute atomic E-state index is 0. The van der Waals surface area contributed by atoms with Crippen molar-refractivity contribution in [3.05, 3.63) is 23.8 Å². The molecule has 1 amide bonds. The fraction of sp³-hybridized carbons (Fsp3) is 0.632. The Kier molecular flexibility index (Phi) is 7.38. The van der Waals surface area contributed by atoms with E-state index in [4.69, 9.17) is 9.47 Å². The van der Waals surface area contributed by atoms with Gasteiger partial charge in [-0.15, -0.1) is 12.4 Å². The zero-order valence-electron chi connectivity index (χ0n) is 15.1. The molecule has 0 aromatic heterocycles. The van der Waals surface area contributed by atoms with E-state index in [2.05, 4.69) is 12.2 Å². The Morgan fingerprint density at radius 3 is 2.72 bits per heavy atom. The smallest absolute Gasteiger partial charge is 0.231 e. The van der Waals surface area contributed by atoms with Crippen molar-refractivity contribution in [2.45, 2.75) is 39.7 Å². The zero-order valence-corrected chi connectivity index (χ0v) is 15.9. The van der Waals surface area contributed by atoms with Crippen LogP contribution in [0.5, 0.6) is 11.5 Å². The molecule has 0 radical (unpaired) electrons. The van der Waals surface area contributed by atoms with E-state index in [1.54, 1.807) is 0 Å². The summed E-state index contributed by atoms with van der Waals surface area (Å²) in [6, 6.07) is 5.92. The number of carbonyl (C=O) groups excluding carboxylic acids is 1. The molecule has 0 spiro atoms. The monoisotopic (exact) mass is 368 g/mol. The fourth-order valence-corrected chi connectivity index (χ4v) is 3.62. The van der Waals surface area contributed by atoms with Crippen molar-refractivity contribution < 1.29 is 14.3 Å². The number of carbonyl (C=O) groups is 1. The second-order valence-corrected chi connectivity index (χ2v) is 6.86. The molecule has 0 bridgehead atoms. The number of piperidine rings is 1. The van der Waals surface area contributed by atoms with Gasteiger partial charge in [-0.05, 0) is 62.4 Å². The highest BCUT2D eigenvalue weighted by atomic mass is 35.5. The number of halogens is 1. The maximum absolute atomic E-state index is 12.7.